The summed E-state index contributed by atoms with van der Waals surface area (Å²) in [6.07, 6.45) is 5.38. The number of aliphatic carboxylic acids is 1. The van der Waals surface area contributed by atoms with Crippen molar-refractivity contribution >= 4 is 11.9 Å². The van der Waals surface area contributed by atoms with Crippen LogP contribution in [0.3, 0.4) is 0 Å². The Hall–Kier alpha value is -2.63. The zero-order valence-electron chi connectivity index (χ0n) is 9.41. The highest BCUT2D eigenvalue weighted by Crippen LogP contribution is 2.06. The second-order valence-corrected chi connectivity index (χ2v) is 3.37. The first-order valence-electron chi connectivity index (χ1n) is 5.04. The van der Waals surface area contributed by atoms with Crippen LogP contribution in [-0.4, -0.2) is 27.1 Å². The van der Waals surface area contributed by atoms with Crippen LogP contribution in [0.4, 0.5) is 0 Å². The maximum absolute atomic E-state index is 10.8. The average Bonchev–Trinajstić information content (AvgIpc) is 2.34. The van der Waals surface area contributed by atoms with Crippen molar-refractivity contribution in [3.63, 3.8) is 0 Å². The zero-order chi connectivity index (χ0) is 13.5. The van der Waals surface area contributed by atoms with Gasteiger partial charge in [-0.05, 0) is 24.4 Å². The summed E-state index contributed by atoms with van der Waals surface area (Å²) in [7, 11) is 0. The van der Waals surface area contributed by atoms with E-state index in [9.17, 15) is 9.59 Å². The highest BCUT2D eigenvalue weighted by atomic mass is 16.4. The average molecular weight is 248 g/mol. The molecule has 1 aromatic rings. The van der Waals surface area contributed by atoms with E-state index in [1.54, 1.807) is 0 Å². The topological polar surface area (TPSA) is 114 Å². The molecular formula is C12H12N2O4. The first-order valence-corrected chi connectivity index (χ1v) is 5.04. The maximum atomic E-state index is 10.8. The van der Waals surface area contributed by atoms with Gasteiger partial charge in [0, 0.05) is 18.3 Å². The second kappa shape index (κ2) is 6.19. The minimum absolute atomic E-state index is 0.0278. The number of aromatic nitrogens is 1. The minimum atomic E-state index is -1.11. The van der Waals surface area contributed by atoms with Crippen LogP contribution in [0.5, 0.6) is 0 Å². The van der Waals surface area contributed by atoms with Gasteiger partial charge in [-0.15, -0.1) is 0 Å². The Morgan fingerprint density at radius 1 is 1.39 bits per heavy atom. The molecule has 0 atom stereocenters. The van der Waals surface area contributed by atoms with E-state index in [1.165, 1.54) is 30.5 Å². The summed E-state index contributed by atoms with van der Waals surface area (Å²) >= 11 is 0. The van der Waals surface area contributed by atoms with Crippen LogP contribution in [0, 0.1) is 0 Å². The molecule has 0 saturated carbocycles. The summed E-state index contributed by atoms with van der Waals surface area (Å²) in [4.78, 5) is 25.5. The van der Waals surface area contributed by atoms with Gasteiger partial charge in [0.2, 0.25) is 0 Å². The Labute approximate surface area is 103 Å². The largest absolute Gasteiger partial charge is 0.478 e. The van der Waals surface area contributed by atoms with Crippen LogP contribution in [0.2, 0.25) is 0 Å². The fourth-order valence-electron chi connectivity index (χ4n) is 1.27. The smallest absolute Gasteiger partial charge is 0.335 e. The Morgan fingerprint density at radius 3 is 2.67 bits per heavy atom. The minimum Gasteiger partial charge on any atom is -0.478 e. The molecule has 94 valence electrons. The van der Waals surface area contributed by atoms with Crippen molar-refractivity contribution in [2.75, 3.05) is 0 Å². The van der Waals surface area contributed by atoms with Gasteiger partial charge < -0.3 is 15.9 Å². The van der Waals surface area contributed by atoms with Gasteiger partial charge in [0.1, 0.15) is 0 Å². The second-order valence-electron chi connectivity index (χ2n) is 3.37. The highest BCUT2D eigenvalue weighted by molar-refractivity contribution is 5.90. The molecule has 18 heavy (non-hydrogen) atoms. The van der Waals surface area contributed by atoms with Crippen LogP contribution in [0.1, 0.15) is 16.1 Å². The molecule has 0 spiro atoms. The molecule has 0 fully saturated rings. The molecule has 0 saturated heterocycles. The molecule has 4 N–H and O–H groups in total. The summed E-state index contributed by atoms with van der Waals surface area (Å²) in [5.74, 6) is -2.16. The molecule has 0 aromatic carbocycles. The van der Waals surface area contributed by atoms with E-state index in [2.05, 4.69) is 4.98 Å². The molecule has 0 unspecified atom stereocenters. The summed E-state index contributed by atoms with van der Waals surface area (Å²) in [6.45, 7) is 0. The highest BCUT2D eigenvalue weighted by Gasteiger charge is 2.05. The number of hydrogen-bond donors (Lipinski definition) is 3. The van der Waals surface area contributed by atoms with Crippen LogP contribution in [0.25, 0.3) is 0 Å². The van der Waals surface area contributed by atoms with Gasteiger partial charge in [-0.2, -0.15) is 0 Å². The molecule has 1 rings (SSSR count). The molecule has 1 heterocycles. The quantitative estimate of drug-likeness (QED) is 0.524. The molecule has 1 aromatic heterocycles. The van der Waals surface area contributed by atoms with Crippen molar-refractivity contribution in [2.45, 2.75) is 6.42 Å². The number of aromatic carboxylic acids is 1. The first-order chi connectivity index (χ1) is 8.54. The Kier molecular flexibility index (Phi) is 4.62. The van der Waals surface area contributed by atoms with Gasteiger partial charge in [0.15, 0.2) is 0 Å². The predicted molar refractivity (Wildman–Crippen MR) is 63.9 cm³/mol. The Balaban J connectivity index is 2.90. The van der Waals surface area contributed by atoms with E-state index in [0.717, 1.165) is 6.20 Å². The lowest BCUT2D eigenvalue weighted by molar-refractivity contribution is -0.132. The van der Waals surface area contributed by atoms with Crippen LogP contribution in [0.15, 0.2) is 42.3 Å². The van der Waals surface area contributed by atoms with Crippen molar-refractivity contribution in [1.29, 1.82) is 0 Å². The van der Waals surface area contributed by atoms with Crippen molar-refractivity contribution in [2.24, 2.45) is 5.73 Å². The predicted octanol–water partition coefficient (Wildman–Crippen LogP) is 0.806. The third-order valence-electron chi connectivity index (χ3n) is 2.12. The number of pyridine rings is 1. The molecule has 6 heteroatoms. The molecule has 0 radical (unpaired) electrons. The number of carboxylic acid groups (broad SMARTS) is 2. The van der Waals surface area contributed by atoms with Crippen LogP contribution in [-0.2, 0) is 11.2 Å². The Morgan fingerprint density at radius 2 is 2.11 bits per heavy atom. The fourth-order valence-corrected chi connectivity index (χ4v) is 1.27. The molecule has 0 aliphatic carbocycles. The molecule has 0 amide bonds. The van der Waals surface area contributed by atoms with Gasteiger partial charge >= 0.3 is 11.9 Å². The first kappa shape index (κ1) is 13.4. The lowest BCUT2D eigenvalue weighted by Crippen LogP contribution is -2.01. The van der Waals surface area contributed by atoms with Crippen molar-refractivity contribution < 1.29 is 19.8 Å². The van der Waals surface area contributed by atoms with E-state index in [4.69, 9.17) is 15.9 Å². The summed E-state index contributed by atoms with van der Waals surface area (Å²) in [6, 6.07) is 2.76. The lowest BCUT2D eigenvalue weighted by Gasteiger charge is -1.99. The standard InChI is InChI=1S/C12H12N2O4/c13-5-3-8(11(15)16)1-2-10-7-9(12(17)18)4-6-14-10/h1,3-7H,2,13H2,(H,15,16)(H,17,18)/b5-3-,8-1+. The molecular weight excluding hydrogens is 236 g/mol. The fraction of sp³-hybridized carbons (Fsp3) is 0.0833. The Bertz CT molecular complexity index is 521. The van der Waals surface area contributed by atoms with Crippen molar-refractivity contribution in [1.82, 2.24) is 4.98 Å². The van der Waals surface area contributed by atoms with Gasteiger partial charge in [0.05, 0.1) is 11.1 Å². The lowest BCUT2D eigenvalue weighted by atomic mass is 10.1. The van der Waals surface area contributed by atoms with Gasteiger partial charge in [-0.1, -0.05) is 6.08 Å². The maximum Gasteiger partial charge on any atom is 0.335 e. The van der Waals surface area contributed by atoms with Crippen molar-refractivity contribution in [3.05, 3.63) is 53.5 Å². The number of carboxylic acids is 2. The normalized spacial score (nSPS) is 11.7. The van der Waals surface area contributed by atoms with E-state index in [1.807, 2.05) is 0 Å². The monoisotopic (exact) mass is 248 g/mol. The van der Waals surface area contributed by atoms with Gasteiger partial charge in [-0.3, -0.25) is 4.98 Å². The molecule has 6 nitrogen and oxygen atoms in total. The van der Waals surface area contributed by atoms with Crippen molar-refractivity contribution in [3.8, 4) is 0 Å². The number of hydrogen-bond acceptors (Lipinski definition) is 4. The number of carbonyl (C=O) groups is 2. The third kappa shape index (κ3) is 3.75. The summed E-state index contributed by atoms with van der Waals surface area (Å²) < 4.78 is 0. The number of nitrogens with two attached hydrogens (primary N) is 1. The number of nitrogens with zero attached hydrogens (tertiary/aromatic N) is 1. The van der Waals surface area contributed by atoms with E-state index in [0.29, 0.717) is 5.69 Å². The van der Waals surface area contributed by atoms with Crippen LogP contribution >= 0.6 is 0 Å². The molecule has 0 bridgehead atoms. The van der Waals surface area contributed by atoms with Crippen LogP contribution < -0.4 is 5.73 Å². The third-order valence-corrected chi connectivity index (χ3v) is 2.12. The zero-order valence-corrected chi connectivity index (χ0v) is 9.41. The summed E-state index contributed by atoms with van der Waals surface area (Å²) in [5.41, 5.74) is 5.73. The summed E-state index contributed by atoms with van der Waals surface area (Å²) in [5, 5.41) is 17.6. The van der Waals surface area contributed by atoms with Gasteiger partial charge in [0.25, 0.3) is 0 Å². The number of allylic oxidation sites excluding steroid dienone is 1. The molecule has 0 aliphatic heterocycles. The molecule has 0 aliphatic rings. The van der Waals surface area contributed by atoms with Gasteiger partial charge in [-0.25, -0.2) is 9.59 Å². The van der Waals surface area contributed by atoms with E-state index < -0.39 is 11.9 Å². The van der Waals surface area contributed by atoms with E-state index >= 15 is 0 Å². The number of rotatable bonds is 5. The SMILES string of the molecule is N/C=C\C(=C/Cc1cc(C(=O)O)ccn1)C(=O)O. The van der Waals surface area contributed by atoms with E-state index in [-0.39, 0.29) is 17.6 Å².